The highest BCUT2D eigenvalue weighted by Gasteiger charge is 2.19. The maximum absolute atomic E-state index is 11.6. The SMILES string of the molecule is CCCNC(=O)CN(CCO)CC1CCCN1. The second kappa shape index (κ2) is 8.44. The molecule has 100 valence electrons. The summed E-state index contributed by atoms with van der Waals surface area (Å²) in [7, 11) is 0. The lowest BCUT2D eigenvalue weighted by atomic mass is 10.2. The van der Waals surface area contributed by atoms with E-state index in [1.807, 2.05) is 11.8 Å². The number of aliphatic hydroxyl groups is 1. The minimum absolute atomic E-state index is 0.0540. The molecule has 1 unspecified atom stereocenters. The first-order valence-electron chi connectivity index (χ1n) is 6.59. The lowest BCUT2D eigenvalue weighted by molar-refractivity contribution is -0.122. The van der Waals surface area contributed by atoms with Gasteiger partial charge in [-0.05, 0) is 25.8 Å². The van der Waals surface area contributed by atoms with E-state index in [1.165, 1.54) is 12.8 Å². The van der Waals surface area contributed by atoms with Gasteiger partial charge in [-0.15, -0.1) is 0 Å². The summed E-state index contributed by atoms with van der Waals surface area (Å²) in [6, 6.07) is 0.473. The van der Waals surface area contributed by atoms with Crippen molar-refractivity contribution in [2.75, 3.05) is 39.3 Å². The molecule has 1 aliphatic rings. The largest absolute Gasteiger partial charge is 0.395 e. The number of nitrogens with one attached hydrogen (secondary N) is 2. The minimum Gasteiger partial charge on any atom is -0.395 e. The van der Waals surface area contributed by atoms with Gasteiger partial charge in [0, 0.05) is 25.7 Å². The first kappa shape index (κ1) is 14.4. The van der Waals surface area contributed by atoms with E-state index in [-0.39, 0.29) is 12.5 Å². The first-order chi connectivity index (χ1) is 8.26. The Labute approximate surface area is 104 Å². The van der Waals surface area contributed by atoms with Crippen molar-refractivity contribution in [3.63, 3.8) is 0 Å². The van der Waals surface area contributed by atoms with Crippen LogP contribution in [-0.2, 0) is 4.79 Å². The van der Waals surface area contributed by atoms with Gasteiger partial charge in [0.15, 0.2) is 0 Å². The number of carbonyl (C=O) groups excluding carboxylic acids is 1. The quantitative estimate of drug-likeness (QED) is 0.541. The molecule has 1 fully saturated rings. The van der Waals surface area contributed by atoms with Crippen LogP contribution in [0.25, 0.3) is 0 Å². The maximum atomic E-state index is 11.6. The van der Waals surface area contributed by atoms with Crippen LogP contribution in [0.1, 0.15) is 26.2 Å². The molecule has 17 heavy (non-hydrogen) atoms. The van der Waals surface area contributed by atoms with Gasteiger partial charge in [-0.2, -0.15) is 0 Å². The molecule has 0 aromatic rings. The summed E-state index contributed by atoms with van der Waals surface area (Å²) >= 11 is 0. The molecule has 1 saturated heterocycles. The van der Waals surface area contributed by atoms with E-state index in [9.17, 15) is 4.79 Å². The average Bonchev–Trinajstić information content (AvgIpc) is 2.79. The molecule has 5 nitrogen and oxygen atoms in total. The van der Waals surface area contributed by atoms with E-state index < -0.39 is 0 Å². The van der Waals surface area contributed by atoms with Gasteiger partial charge in [0.25, 0.3) is 0 Å². The van der Waals surface area contributed by atoms with Crippen molar-refractivity contribution >= 4 is 5.91 Å². The molecule has 1 rings (SSSR count). The Kier molecular flexibility index (Phi) is 7.16. The second-order valence-corrected chi connectivity index (χ2v) is 4.60. The molecule has 0 bridgehead atoms. The third-order valence-electron chi connectivity index (χ3n) is 3.00. The zero-order valence-electron chi connectivity index (χ0n) is 10.7. The van der Waals surface area contributed by atoms with Crippen LogP contribution in [0.4, 0.5) is 0 Å². The van der Waals surface area contributed by atoms with E-state index in [0.717, 1.165) is 26.1 Å². The summed E-state index contributed by atoms with van der Waals surface area (Å²) in [4.78, 5) is 13.6. The fraction of sp³-hybridized carbons (Fsp3) is 0.917. The van der Waals surface area contributed by atoms with E-state index in [0.29, 0.717) is 19.1 Å². The van der Waals surface area contributed by atoms with Crippen molar-refractivity contribution in [3.05, 3.63) is 0 Å². The molecule has 3 N–H and O–H groups in total. The molecule has 0 aromatic heterocycles. The van der Waals surface area contributed by atoms with Gasteiger partial charge in [-0.3, -0.25) is 9.69 Å². The Morgan fingerprint density at radius 1 is 1.59 bits per heavy atom. The number of hydrogen-bond donors (Lipinski definition) is 3. The van der Waals surface area contributed by atoms with Crippen LogP contribution < -0.4 is 10.6 Å². The molecule has 1 amide bonds. The average molecular weight is 243 g/mol. The maximum Gasteiger partial charge on any atom is 0.234 e. The summed E-state index contributed by atoms with van der Waals surface area (Å²) in [5.74, 6) is 0.0540. The fourth-order valence-corrected chi connectivity index (χ4v) is 2.12. The van der Waals surface area contributed by atoms with Crippen LogP contribution in [0.15, 0.2) is 0 Å². The zero-order chi connectivity index (χ0) is 12.5. The van der Waals surface area contributed by atoms with Gasteiger partial charge in [0.2, 0.25) is 5.91 Å². The Morgan fingerprint density at radius 2 is 2.41 bits per heavy atom. The summed E-state index contributed by atoms with van der Waals surface area (Å²) in [6.45, 7) is 5.74. The van der Waals surface area contributed by atoms with Gasteiger partial charge in [0.05, 0.1) is 13.2 Å². The molecular formula is C12H25N3O2. The lowest BCUT2D eigenvalue weighted by Crippen LogP contribution is -2.44. The number of hydrogen-bond acceptors (Lipinski definition) is 4. The van der Waals surface area contributed by atoms with Crippen molar-refractivity contribution in [1.82, 2.24) is 15.5 Å². The van der Waals surface area contributed by atoms with Crippen LogP contribution in [0.5, 0.6) is 0 Å². The molecule has 0 spiro atoms. The molecule has 5 heteroatoms. The summed E-state index contributed by atoms with van der Waals surface area (Å²) < 4.78 is 0. The van der Waals surface area contributed by atoms with Gasteiger partial charge in [-0.1, -0.05) is 6.92 Å². The lowest BCUT2D eigenvalue weighted by Gasteiger charge is -2.24. The third-order valence-corrected chi connectivity index (χ3v) is 3.00. The van der Waals surface area contributed by atoms with E-state index in [2.05, 4.69) is 10.6 Å². The molecule has 1 atom stereocenters. The topological polar surface area (TPSA) is 64.6 Å². The number of aliphatic hydroxyl groups excluding tert-OH is 1. The molecule has 0 radical (unpaired) electrons. The summed E-state index contributed by atoms with van der Waals surface area (Å²) in [6.07, 6.45) is 3.33. The third kappa shape index (κ3) is 6.00. The van der Waals surface area contributed by atoms with E-state index >= 15 is 0 Å². The fourth-order valence-electron chi connectivity index (χ4n) is 2.12. The minimum atomic E-state index is 0.0540. The number of nitrogens with zero attached hydrogens (tertiary/aromatic N) is 1. The first-order valence-corrected chi connectivity index (χ1v) is 6.59. The van der Waals surface area contributed by atoms with Gasteiger partial charge in [0.1, 0.15) is 0 Å². The highest BCUT2D eigenvalue weighted by Crippen LogP contribution is 2.06. The van der Waals surface area contributed by atoms with Crippen molar-refractivity contribution < 1.29 is 9.90 Å². The van der Waals surface area contributed by atoms with Gasteiger partial charge >= 0.3 is 0 Å². The van der Waals surface area contributed by atoms with Crippen LogP contribution in [0, 0.1) is 0 Å². The van der Waals surface area contributed by atoms with Crippen molar-refractivity contribution in [2.24, 2.45) is 0 Å². The highest BCUT2D eigenvalue weighted by atomic mass is 16.3. The molecule has 0 aromatic carbocycles. The summed E-state index contributed by atoms with van der Waals surface area (Å²) in [5, 5.41) is 15.3. The van der Waals surface area contributed by atoms with Crippen LogP contribution >= 0.6 is 0 Å². The zero-order valence-corrected chi connectivity index (χ0v) is 10.7. The van der Waals surface area contributed by atoms with Gasteiger partial charge in [-0.25, -0.2) is 0 Å². The molecule has 0 saturated carbocycles. The Bertz CT molecular complexity index is 218. The Balaban J connectivity index is 2.28. The van der Waals surface area contributed by atoms with Crippen LogP contribution in [0.3, 0.4) is 0 Å². The molecular weight excluding hydrogens is 218 g/mol. The Hall–Kier alpha value is -0.650. The van der Waals surface area contributed by atoms with Crippen molar-refractivity contribution in [3.8, 4) is 0 Å². The molecule has 0 aliphatic carbocycles. The van der Waals surface area contributed by atoms with Crippen molar-refractivity contribution in [2.45, 2.75) is 32.2 Å². The molecule has 1 heterocycles. The normalized spacial score (nSPS) is 19.8. The number of carbonyl (C=O) groups is 1. The highest BCUT2D eigenvalue weighted by molar-refractivity contribution is 5.77. The monoisotopic (exact) mass is 243 g/mol. The predicted octanol–water partition coefficient (Wildman–Crippen LogP) is -0.441. The molecule has 1 aliphatic heterocycles. The number of rotatable bonds is 8. The predicted molar refractivity (Wildman–Crippen MR) is 67.9 cm³/mol. The van der Waals surface area contributed by atoms with Crippen LogP contribution in [0.2, 0.25) is 0 Å². The summed E-state index contributed by atoms with van der Waals surface area (Å²) in [5.41, 5.74) is 0. The van der Waals surface area contributed by atoms with Crippen LogP contribution in [-0.4, -0.2) is 61.3 Å². The smallest absolute Gasteiger partial charge is 0.234 e. The standard InChI is InChI=1S/C12H25N3O2/c1-2-5-14-12(17)10-15(7-8-16)9-11-4-3-6-13-11/h11,13,16H,2-10H2,1H3,(H,14,17). The van der Waals surface area contributed by atoms with E-state index in [1.54, 1.807) is 0 Å². The van der Waals surface area contributed by atoms with Gasteiger partial charge < -0.3 is 15.7 Å². The number of amides is 1. The Morgan fingerprint density at radius 3 is 3.00 bits per heavy atom. The van der Waals surface area contributed by atoms with Crippen molar-refractivity contribution in [1.29, 1.82) is 0 Å². The van der Waals surface area contributed by atoms with E-state index in [4.69, 9.17) is 5.11 Å². The second-order valence-electron chi connectivity index (χ2n) is 4.60.